The molecule has 0 bridgehead atoms. The number of halogens is 2. The van der Waals surface area contributed by atoms with Crippen molar-refractivity contribution in [3.8, 4) is 0 Å². The Bertz CT molecular complexity index is 951. The smallest absolute Gasteiger partial charge is 0.312 e. The van der Waals surface area contributed by atoms with E-state index in [1.165, 1.54) is 49.5 Å². The minimum absolute atomic E-state index is 0.172. The van der Waals surface area contributed by atoms with Gasteiger partial charge in [0.1, 0.15) is 18.0 Å². The highest BCUT2D eigenvalue weighted by Gasteiger charge is 2.28. The molecule has 0 saturated carbocycles. The maximum atomic E-state index is 13.5. The van der Waals surface area contributed by atoms with Crippen molar-refractivity contribution in [3.05, 3.63) is 77.6 Å². The van der Waals surface area contributed by atoms with Gasteiger partial charge in [0, 0.05) is 19.8 Å². The Morgan fingerprint density at radius 1 is 0.964 bits per heavy atom. The van der Waals surface area contributed by atoms with Crippen LogP contribution in [0.1, 0.15) is 11.1 Å². The number of rotatable bonds is 7. The van der Waals surface area contributed by atoms with Crippen LogP contribution in [-0.4, -0.2) is 40.6 Å². The van der Waals surface area contributed by atoms with Gasteiger partial charge in [-0.25, -0.2) is 13.5 Å². The summed E-state index contributed by atoms with van der Waals surface area (Å²) in [5, 5.41) is 11.2. The van der Waals surface area contributed by atoms with Gasteiger partial charge in [0.2, 0.25) is 0 Å². The molecule has 7 nitrogen and oxygen atoms in total. The van der Waals surface area contributed by atoms with Gasteiger partial charge in [0.25, 0.3) is 0 Å². The van der Waals surface area contributed by atoms with E-state index in [0.717, 1.165) is 0 Å². The average Bonchev–Trinajstić information content (AvgIpc) is 3.25. The van der Waals surface area contributed by atoms with Gasteiger partial charge >= 0.3 is 7.60 Å². The minimum atomic E-state index is -3.51. The summed E-state index contributed by atoms with van der Waals surface area (Å²) in [5.74, 6) is -0.823. The molecule has 146 valence electrons. The summed E-state index contributed by atoms with van der Waals surface area (Å²) in [4.78, 5) is 0. The fraction of sp³-hybridized carbons (Fsp3) is 0.167. The lowest BCUT2D eigenvalue weighted by atomic mass is 9.96. The molecule has 3 aromatic rings. The molecule has 0 N–H and O–H groups in total. The standard InChI is InChI=1S/C18H17F2N4O3P/c1-26-28(25,27-2)11-17(24-12-21-22-23-24)18(13-3-7-15(19)8-4-13)14-5-9-16(20)10-6-14/h3-10,12H,11H2,1-2H3. The number of hydrogen-bond donors (Lipinski definition) is 0. The number of tetrazole rings is 1. The van der Waals surface area contributed by atoms with Crippen molar-refractivity contribution in [1.29, 1.82) is 0 Å². The van der Waals surface area contributed by atoms with E-state index in [-0.39, 0.29) is 6.16 Å². The zero-order valence-electron chi connectivity index (χ0n) is 15.1. The highest BCUT2D eigenvalue weighted by molar-refractivity contribution is 7.54. The molecule has 1 heterocycles. The lowest BCUT2D eigenvalue weighted by molar-refractivity contribution is 0.279. The van der Waals surface area contributed by atoms with Crippen LogP contribution >= 0.6 is 7.60 Å². The Morgan fingerprint density at radius 2 is 1.46 bits per heavy atom. The molecule has 2 aromatic carbocycles. The highest BCUT2D eigenvalue weighted by Crippen LogP contribution is 2.50. The van der Waals surface area contributed by atoms with Crippen LogP contribution in [0, 0.1) is 11.6 Å². The number of aromatic nitrogens is 4. The summed E-state index contributed by atoms with van der Waals surface area (Å²) >= 11 is 0. The van der Waals surface area contributed by atoms with E-state index >= 15 is 0 Å². The van der Waals surface area contributed by atoms with Crippen LogP contribution in [0.3, 0.4) is 0 Å². The zero-order chi connectivity index (χ0) is 20.1. The van der Waals surface area contributed by atoms with E-state index in [4.69, 9.17) is 9.05 Å². The van der Waals surface area contributed by atoms with Crippen molar-refractivity contribution in [1.82, 2.24) is 20.2 Å². The predicted molar refractivity (Wildman–Crippen MR) is 99.3 cm³/mol. The third-order valence-electron chi connectivity index (χ3n) is 4.08. The van der Waals surface area contributed by atoms with Crippen molar-refractivity contribution >= 4 is 18.9 Å². The summed E-state index contributed by atoms with van der Waals surface area (Å²) in [6.45, 7) is 0. The monoisotopic (exact) mass is 406 g/mol. The molecule has 0 saturated heterocycles. The van der Waals surface area contributed by atoms with E-state index in [9.17, 15) is 13.3 Å². The Morgan fingerprint density at radius 3 is 1.86 bits per heavy atom. The first-order chi connectivity index (χ1) is 13.5. The quantitative estimate of drug-likeness (QED) is 0.555. The number of benzene rings is 2. The first kappa shape index (κ1) is 20.0. The van der Waals surface area contributed by atoms with Crippen LogP contribution < -0.4 is 0 Å². The predicted octanol–water partition coefficient (Wildman–Crippen LogP) is 3.85. The molecule has 0 aliphatic heterocycles. The van der Waals surface area contributed by atoms with Crippen molar-refractivity contribution in [2.45, 2.75) is 0 Å². The molecular formula is C18H17F2N4O3P. The molecule has 0 spiro atoms. The van der Waals surface area contributed by atoms with Crippen molar-refractivity contribution in [3.63, 3.8) is 0 Å². The Kier molecular flexibility index (Phi) is 6.08. The highest BCUT2D eigenvalue weighted by atomic mass is 31.2. The molecule has 10 heteroatoms. The molecule has 0 aliphatic carbocycles. The number of nitrogens with zero attached hydrogens (tertiary/aromatic N) is 4. The summed E-state index contributed by atoms with van der Waals surface area (Å²) in [7, 11) is -0.965. The SMILES string of the molecule is COP(=O)(CC(=C(c1ccc(F)cc1)c1ccc(F)cc1)n1cnnn1)OC. The van der Waals surface area contributed by atoms with E-state index in [2.05, 4.69) is 15.5 Å². The van der Waals surface area contributed by atoms with Gasteiger partial charge < -0.3 is 9.05 Å². The van der Waals surface area contributed by atoms with Crippen LogP contribution in [0.5, 0.6) is 0 Å². The van der Waals surface area contributed by atoms with Crippen molar-refractivity contribution in [2.24, 2.45) is 0 Å². The lowest BCUT2D eigenvalue weighted by Gasteiger charge is -2.20. The fourth-order valence-corrected chi connectivity index (χ4v) is 3.75. The largest absolute Gasteiger partial charge is 0.336 e. The number of hydrogen-bond acceptors (Lipinski definition) is 6. The molecule has 0 atom stereocenters. The van der Waals surface area contributed by atoms with Gasteiger partial charge in [0.05, 0.1) is 11.9 Å². The summed E-state index contributed by atoms with van der Waals surface area (Å²) in [5.41, 5.74) is 2.10. The molecule has 0 radical (unpaired) electrons. The maximum Gasteiger partial charge on any atom is 0.336 e. The molecule has 0 unspecified atom stereocenters. The third-order valence-corrected chi connectivity index (χ3v) is 5.88. The summed E-state index contributed by atoms with van der Waals surface area (Å²) in [6, 6.07) is 11.4. The molecule has 1 aromatic heterocycles. The van der Waals surface area contributed by atoms with Crippen LogP contribution in [0.4, 0.5) is 8.78 Å². The Hall–Kier alpha value is -2.74. The second-order valence-corrected chi connectivity index (χ2v) is 7.99. The van der Waals surface area contributed by atoms with Gasteiger partial charge in [-0.15, -0.1) is 5.10 Å². The first-order valence-corrected chi connectivity index (χ1v) is 9.87. The van der Waals surface area contributed by atoms with Crippen molar-refractivity contribution < 1.29 is 22.4 Å². The lowest BCUT2D eigenvalue weighted by Crippen LogP contribution is -2.09. The molecule has 0 aliphatic rings. The topological polar surface area (TPSA) is 79.1 Å². The van der Waals surface area contributed by atoms with Gasteiger partial charge in [-0.1, -0.05) is 24.3 Å². The van der Waals surface area contributed by atoms with Crippen LogP contribution in [0.15, 0.2) is 54.9 Å². The van der Waals surface area contributed by atoms with E-state index in [1.54, 1.807) is 24.3 Å². The summed E-state index contributed by atoms with van der Waals surface area (Å²) < 4.78 is 51.3. The fourth-order valence-electron chi connectivity index (χ4n) is 2.67. The van der Waals surface area contributed by atoms with E-state index in [1.807, 2.05) is 0 Å². The third kappa shape index (κ3) is 4.39. The van der Waals surface area contributed by atoms with E-state index < -0.39 is 19.2 Å². The normalized spacial score (nSPS) is 11.4. The minimum Gasteiger partial charge on any atom is -0.312 e. The van der Waals surface area contributed by atoms with Gasteiger partial charge in [0.15, 0.2) is 0 Å². The number of allylic oxidation sites excluding steroid dienone is 1. The van der Waals surface area contributed by atoms with Crippen LogP contribution in [0.2, 0.25) is 0 Å². The van der Waals surface area contributed by atoms with Crippen molar-refractivity contribution in [2.75, 3.05) is 20.4 Å². The van der Waals surface area contributed by atoms with Gasteiger partial charge in [-0.3, -0.25) is 4.57 Å². The second-order valence-electron chi connectivity index (χ2n) is 5.72. The molecule has 28 heavy (non-hydrogen) atoms. The average molecular weight is 406 g/mol. The molecule has 0 fully saturated rings. The first-order valence-electron chi connectivity index (χ1n) is 8.14. The Balaban J connectivity index is 2.30. The van der Waals surface area contributed by atoms with E-state index in [0.29, 0.717) is 22.4 Å². The van der Waals surface area contributed by atoms with Crippen LogP contribution in [0.25, 0.3) is 11.3 Å². The molecule has 3 rings (SSSR count). The zero-order valence-corrected chi connectivity index (χ0v) is 16.0. The van der Waals surface area contributed by atoms with Gasteiger partial charge in [-0.05, 0) is 45.8 Å². The van der Waals surface area contributed by atoms with Gasteiger partial charge in [-0.2, -0.15) is 0 Å². The summed E-state index contributed by atoms with van der Waals surface area (Å²) in [6.07, 6.45) is 1.16. The second kappa shape index (κ2) is 8.52. The Labute approximate surface area is 160 Å². The molecular weight excluding hydrogens is 389 g/mol. The van der Waals surface area contributed by atoms with Crippen LogP contribution in [-0.2, 0) is 13.6 Å². The maximum absolute atomic E-state index is 13.5. The molecule has 0 amide bonds.